The van der Waals surface area contributed by atoms with Gasteiger partial charge >= 0.3 is 0 Å². The van der Waals surface area contributed by atoms with Gasteiger partial charge in [-0.25, -0.2) is 9.38 Å². The molecule has 4 nitrogen and oxygen atoms in total. The van der Waals surface area contributed by atoms with Gasteiger partial charge in [0.15, 0.2) is 5.69 Å². The van der Waals surface area contributed by atoms with Crippen molar-refractivity contribution in [3.05, 3.63) is 35.8 Å². The molecule has 2 heterocycles. The molecule has 106 valence electrons. The van der Waals surface area contributed by atoms with Crippen LogP contribution in [0.1, 0.15) is 43.4 Å². The van der Waals surface area contributed by atoms with E-state index in [1.54, 1.807) is 0 Å². The molecule has 1 aliphatic carbocycles. The summed E-state index contributed by atoms with van der Waals surface area (Å²) in [5, 5.41) is 3.02. The molecule has 2 aromatic rings. The van der Waals surface area contributed by atoms with Crippen molar-refractivity contribution in [1.29, 1.82) is 0 Å². The molecular weight excluding hydrogens is 250 g/mol. The van der Waals surface area contributed by atoms with Crippen LogP contribution in [0.4, 0.5) is 0 Å². The zero-order valence-corrected chi connectivity index (χ0v) is 12.0. The summed E-state index contributed by atoms with van der Waals surface area (Å²) < 4.78 is 2.06. The zero-order valence-electron chi connectivity index (χ0n) is 12.0. The fourth-order valence-electron chi connectivity index (χ4n) is 3.09. The summed E-state index contributed by atoms with van der Waals surface area (Å²) in [5.41, 5.74) is 3.34. The van der Waals surface area contributed by atoms with E-state index in [1.807, 2.05) is 18.5 Å². The van der Waals surface area contributed by atoms with Gasteiger partial charge in [0.2, 0.25) is 5.91 Å². The van der Waals surface area contributed by atoms with E-state index in [0.29, 0.717) is 18.9 Å². The van der Waals surface area contributed by atoms with E-state index in [-0.39, 0.29) is 5.91 Å². The Kier molecular flexibility index (Phi) is 3.72. The number of amides is 1. The maximum absolute atomic E-state index is 11.9. The number of hydrogen-bond donors (Lipinski definition) is 2. The summed E-state index contributed by atoms with van der Waals surface area (Å²) in [7, 11) is 0. The summed E-state index contributed by atoms with van der Waals surface area (Å²) >= 11 is 0. The summed E-state index contributed by atoms with van der Waals surface area (Å²) in [5.74, 6) is 0.784. The first kappa shape index (κ1) is 13.2. The first-order chi connectivity index (χ1) is 9.72. The zero-order chi connectivity index (χ0) is 13.9. The minimum Gasteiger partial charge on any atom is -0.348 e. The van der Waals surface area contributed by atoms with E-state index in [4.69, 9.17) is 0 Å². The number of rotatable bonds is 4. The molecule has 1 saturated carbocycles. The number of imidazole rings is 1. The standard InChI is InChI=1S/C16H21N3O/c1-12-5-4-8-19-11-14(18-16(12)19)10-17-15(20)9-13-6-2-3-7-13/h4-5,8,11,13H,2-3,6-7,9-10H2,1H3,(H,17,20)/p+1. The number of aromatic nitrogens is 2. The predicted octanol–water partition coefficient (Wildman–Crippen LogP) is 2.26. The van der Waals surface area contributed by atoms with Crippen LogP contribution in [0.5, 0.6) is 0 Å². The number of carbonyl (C=O) groups excluding carboxylic acids is 1. The first-order valence-corrected chi connectivity index (χ1v) is 7.47. The Balaban J connectivity index is 1.59. The Bertz CT molecular complexity index is 611. The summed E-state index contributed by atoms with van der Waals surface area (Å²) in [6.45, 7) is 2.65. The summed E-state index contributed by atoms with van der Waals surface area (Å²) in [6, 6.07) is 4.10. The molecule has 0 spiro atoms. The number of aryl methyl sites for hydroxylation is 1. The second kappa shape index (κ2) is 5.65. The number of aromatic amines is 1. The predicted molar refractivity (Wildman–Crippen MR) is 77.1 cm³/mol. The van der Waals surface area contributed by atoms with Gasteiger partial charge in [-0.15, -0.1) is 0 Å². The molecule has 0 bridgehead atoms. The van der Waals surface area contributed by atoms with E-state index >= 15 is 0 Å². The summed E-state index contributed by atoms with van der Waals surface area (Å²) in [4.78, 5) is 15.3. The maximum atomic E-state index is 11.9. The molecule has 3 rings (SSSR count). The van der Waals surface area contributed by atoms with Gasteiger partial charge in [-0.2, -0.15) is 0 Å². The third kappa shape index (κ3) is 2.84. The fraction of sp³-hybridized carbons (Fsp3) is 0.500. The molecule has 0 aliphatic heterocycles. The molecule has 0 atom stereocenters. The van der Waals surface area contributed by atoms with Crippen molar-refractivity contribution in [3.63, 3.8) is 0 Å². The van der Waals surface area contributed by atoms with E-state index < -0.39 is 0 Å². The van der Waals surface area contributed by atoms with Crippen LogP contribution >= 0.6 is 0 Å². The Morgan fingerprint density at radius 1 is 1.45 bits per heavy atom. The SMILES string of the molecule is Cc1ccc[n+]2cc(CNC(=O)CC3CCCC3)[nH]c12. The molecule has 0 aromatic carbocycles. The highest BCUT2D eigenvalue weighted by atomic mass is 16.1. The molecule has 2 aromatic heterocycles. The smallest absolute Gasteiger partial charge is 0.287 e. The van der Waals surface area contributed by atoms with Crippen molar-refractivity contribution >= 4 is 11.6 Å². The number of pyridine rings is 1. The van der Waals surface area contributed by atoms with E-state index in [0.717, 1.165) is 11.3 Å². The average Bonchev–Trinajstić information content (AvgIpc) is 3.06. The number of fused-ring (bicyclic) bond motifs is 1. The highest BCUT2D eigenvalue weighted by molar-refractivity contribution is 5.76. The minimum absolute atomic E-state index is 0.178. The number of carbonyl (C=O) groups is 1. The van der Waals surface area contributed by atoms with Crippen molar-refractivity contribution in [2.45, 2.75) is 45.6 Å². The molecule has 0 radical (unpaired) electrons. The highest BCUT2D eigenvalue weighted by Gasteiger charge is 2.18. The number of H-pyrrole nitrogens is 1. The molecule has 2 N–H and O–H groups in total. The highest BCUT2D eigenvalue weighted by Crippen LogP contribution is 2.27. The largest absolute Gasteiger partial charge is 0.348 e. The lowest BCUT2D eigenvalue weighted by Crippen LogP contribution is -2.25. The lowest BCUT2D eigenvalue weighted by atomic mass is 10.0. The van der Waals surface area contributed by atoms with Crippen LogP contribution in [-0.2, 0) is 11.3 Å². The number of nitrogens with one attached hydrogen (secondary N) is 2. The molecule has 20 heavy (non-hydrogen) atoms. The van der Waals surface area contributed by atoms with Crippen molar-refractivity contribution in [2.75, 3.05) is 0 Å². The van der Waals surface area contributed by atoms with Crippen LogP contribution in [0.3, 0.4) is 0 Å². The van der Waals surface area contributed by atoms with Gasteiger partial charge in [0, 0.05) is 12.0 Å². The lowest BCUT2D eigenvalue weighted by Gasteiger charge is -2.07. The second-order valence-electron chi connectivity index (χ2n) is 5.86. The molecule has 1 amide bonds. The Morgan fingerprint density at radius 3 is 3.00 bits per heavy atom. The van der Waals surface area contributed by atoms with Gasteiger partial charge in [-0.1, -0.05) is 12.8 Å². The summed E-state index contributed by atoms with van der Waals surface area (Å²) in [6.07, 6.45) is 9.75. The Morgan fingerprint density at radius 2 is 2.25 bits per heavy atom. The van der Waals surface area contributed by atoms with Crippen molar-refractivity contribution in [2.24, 2.45) is 5.92 Å². The molecule has 0 saturated heterocycles. The first-order valence-electron chi connectivity index (χ1n) is 7.47. The molecular formula is C16H22N3O+. The number of hydrogen-bond acceptors (Lipinski definition) is 1. The van der Waals surface area contributed by atoms with Crippen LogP contribution in [0, 0.1) is 12.8 Å². The number of nitrogens with zero attached hydrogens (tertiary/aromatic N) is 1. The van der Waals surface area contributed by atoms with Crippen LogP contribution in [-0.4, -0.2) is 10.9 Å². The minimum atomic E-state index is 0.178. The molecule has 4 heteroatoms. The third-order valence-electron chi connectivity index (χ3n) is 4.22. The molecule has 0 unspecified atom stereocenters. The molecule has 1 fully saturated rings. The van der Waals surface area contributed by atoms with E-state index in [2.05, 4.69) is 27.7 Å². The normalized spacial score (nSPS) is 15.8. The van der Waals surface area contributed by atoms with Crippen LogP contribution in [0.25, 0.3) is 5.65 Å². The second-order valence-corrected chi connectivity index (χ2v) is 5.86. The van der Waals surface area contributed by atoms with Gasteiger partial charge in [0.25, 0.3) is 5.65 Å². The van der Waals surface area contributed by atoms with E-state index in [9.17, 15) is 4.79 Å². The van der Waals surface area contributed by atoms with E-state index in [1.165, 1.54) is 31.2 Å². The third-order valence-corrected chi connectivity index (χ3v) is 4.22. The van der Waals surface area contributed by atoms with Gasteiger partial charge in [0.1, 0.15) is 6.20 Å². The maximum Gasteiger partial charge on any atom is 0.287 e. The monoisotopic (exact) mass is 272 g/mol. The Hall–Kier alpha value is -1.84. The lowest BCUT2D eigenvalue weighted by molar-refractivity contribution is -0.510. The van der Waals surface area contributed by atoms with Crippen LogP contribution < -0.4 is 9.72 Å². The van der Waals surface area contributed by atoms with Gasteiger partial charge in [-0.3, -0.25) is 4.79 Å². The quantitative estimate of drug-likeness (QED) is 0.824. The molecule has 1 aliphatic rings. The topological polar surface area (TPSA) is 49.0 Å². The van der Waals surface area contributed by atoms with Crippen molar-refractivity contribution in [3.8, 4) is 0 Å². The van der Waals surface area contributed by atoms with Crippen molar-refractivity contribution < 1.29 is 9.20 Å². The van der Waals surface area contributed by atoms with Crippen LogP contribution in [0.15, 0.2) is 24.5 Å². The van der Waals surface area contributed by atoms with Gasteiger partial charge in [-0.05, 0) is 37.8 Å². The fourth-order valence-corrected chi connectivity index (χ4v) is 3.09. The average molecular weight is 272 g/mol. The van der Waals surface area contributed by atoms with Crippen LogP contribution in [0.2, 0.25) is 0 Å². The Labute approximate surface area is 119 Å². The van der Waals surface area contributed by atoms with Crippen molar-refractivity contribution in [1.82, 2.24) is 10.3 Å². The van der Waals surface area contributed by atoms with Gasteiger partial charge in [0.05, 0.1) is 12.7 Å². The van der Waals surface area contributed by atoms with Gasteiger partial charge < -0.3 is 5.32 Å².